The van der Waals surface area contributed by atoms with E-state index >= 15 is 0 Å². The summed E-state index contributed by atoms with van der Waals surface area (Å²) in [6.45, 7) is 11.1. The van der Waals surface area contributed by atoms with Crippen LogP contribution >= 0.6 is 0 Å². The molecule has 0 aliphatic carbocycles. The molecule has 0 aromatic rings. The molecule has 0 spiro atoms. The minimum Gasteiger partial charge on any atom is -0.396 e. The summed E-state index contributed by atoms with van der Waals surface area (Å²) in [6, 6.07) is 0. The second-order valence-corrected chi connectivity index (χ2v) is 5.14. The fourth-order valence-corrected chi connectivity index (χ4v) is 2.11. The molecule has 0 radical (unpaired) electrons. The quantitative estimate of drug-likeness (QED) is 0.755. The Bertz CT molecular complexity index is 201. The molecule has 1 fully saturated rings. The van der Waals surface area contributed by atoms with E-state index in [9.17, 15) is 0 Å². The van der Waals surface area contributed by atoms with Gasteiger partial charge in [-0.05, 0) is 37.5 Å². The van der Waals surface area contributed by atoms with Crippen LogP contribution in [0.2, 0.25) is 0 Å². The van der Waals surface area contributed by atoms with Gasteiger partial charge in [0.2, 0.25) is 0 Å². The Morgan fingerprint density at radius 1 is 1.53 bits per heavy atom. The molecule has 1 unspecified atom stereocenters. The molecule has 15 heavy (non-hydrogen) atoms. The molecule has 2 nitrogen and oxygen atoms in total. The minimum absolute atomic E-state index is 0.327. The molecule has 88 valence electrons. The van der Waals surface area contributed by atoms with E-state index < -0.39 is 0 Å². The number of aliphatic hydroxyl groups excluding tert-OH is 1. The molecule has 1 aliphatic heterocycles. The number of piperidine rings is 1. The van der Waals surface area contributed by atoms with Crippen molar-refractivity contribution in [3.63, 3.8) is 0 Å². The normalized spacial score (nSPS) is 22.1. The minimum atomic E-state index is 0.327. The van der Waals surface area contributed by atoms with E-state index in [2.05, 4.69) is 25.3 Å². The summed E-state index contributed by atoms with van der Waals surface area (Å²) in [4.78, 5) is 2.37. The average Bonchev–Trinajstić information content (AvgIpc) is 2.26. The molecule has 1 atom stereocenters. The molecule has 1 heterocycles. The molecule has 0 amide bonds. The first-order chi connectivity index (χ1) is 7.13. The number of hydrogen-bond acceptors (Lipinski definition) is 2. The van der Waals surface area contributed by atoms with Gasteiger partial charge in [-0.25, -0.2) is 0 Å². The van der Waals surface area contributed by atoms with Gasteiger partial charge < -0.3 is 10.0 Å². The van der Waals surface area contributed by atoms with Crippen molar-refractivity contribution in [1.29, 1.82) is 0 Å². The third-order valence-electron chi connectivity index (χ3n) is 3.23. The topological polar surface area (TPSA) is 23.5 Å². The van der Waals surface area contributed by atoms with Crippen molar-refractivity contribution in [3.05, 3.63) is 12.3 Å². The SMILES string of the molecule is C=C(CCC(C)C)N1CCCC(CO)C1. The van der Waals surface area contributed by atoms with Crippen LogP contribution in [0.3, 0.4) is 0 Å². The fraction of sp³-hybridized carbons (Fsp3) is 0.846. The van der Waals surface area contributed by atoms with Crippen LogP contribution in [-0.2, 0) is 0 Å². The molecule has 2 heteroatoms. The smallest absolute Gasteiger partial charge is 0.0476 e. The van der Waals surface area contributed by atoms with Crippen molar-refractivity contribution in [2.24, 2.45) is 11.8 Å². The van der Waals surface area contributed by atoms with Crippen LogP contribution in [-0.4, -0.2) is 29.7 Å². The van der Waals surface area contributed by atoms with E-state index in [0.29, 0.717) is 12.5 Å². The number of allylic oxidation sites excluding steroid dienone is 1. The largest absolute Gasteiger partial charge is 0.396 e. The Labute approximate surface area is 94.0 Å². The van der Waals surface area contributed by atoms with Gasteiger partial charge in [-0.15, -0.1) is 0 Å². The van der Waals surface area contributed by atoms with Gasteiger partial charge in [0.25, 0.3) is 0 Å². The maximum absolute atomic E-state index is 9.15. The van der Waals surface area contributed by atoms with Gasteiger partial charge in [-0.2, -0.15) is 0 Å². The van der Waals surface area contributed by atoms with Gasteiger partial charge in [0.05, 0.1) is 0 Å². The lowest BCUT2D eigenvalue weighted by Gasteiger charge is -2.35. The van der Waals surface area contributed by atoms with Gasteiger partial charge in [0, 0.05) is 25.4 Å². The van der Waals surface area contributed by atoms with Gasteiger partial charge in [0.15, 0.2) is 0 Å². The summed E-state index contributed by atoms with van der Waals surface area (Å²) in [5, 5.41) is 9.15. The van der Waals surface area contributed by atoms with E-state index in [0.717, 1.165) is 25.4 Å². The highest BCUT2D eigenvalue weighted by Gasteiger charge is 2.19. The first-order valence-electron chi connectivity index (χ1n) is 6.17. The number of aliphatic hydroxyl groups is 1. The predicted molar refractivity (Wildman–Crippen MR) is 64.6 cm³/mol. The lowest BCUT2D eigenvalue weighted by molar-refractivity contribution is 0.140. The van der Waals surface area contributed by atoms with Crippen molar-refractivity contribution < 1.29 is 5.11 Å². The van der Waals surface area contributed by atoms with Crippen LogP contribution in [0.5, 0.6) is 0 Å². The maximum atomic E-state index is 9.15. The molecule has 1 saturated heterocycles. The van der Waals surface area contributed by atoms with Crippen LogP contribution in [0, 0.1) is 11.8 Å². The average molecular weight is 211 g/mol. The molecular weight excluding hydrogens is 186 g/mol. The molecule has 1 rings (SSSR count). The van der Waals surface area contributed by atoms with E-state index in [1.165, 1.54) is 25.0 Å². The highest BCUT2D eigenvalue weighted by molar-refractivity contribution is 4.96. The van der Waals surface area contributed by atoms with Crippen molar-refractivity contribution in [1.82, 2.24) is 4.90 Å². The van der Waals surface area contributed by atoms with E-state index in [1.807, 2.05) is 0 Å². The summed E-state index contributed by atoms with van der Waals surface area (Å²) >= 11 is 0. The van der Waals surface area contributed by atoms with Crippen molar-refractivity contribution in [2.75, 3.05) is 19.7 Å². The number of hydrogen-bond donors (Lipinski definition) is 1. The zero-order chi connectivity index (χ0) is 11.3. The first kappa shape index (κ1) is 12.6. The molecule has 0 saturated carbocycles. The Morgan fingerprint density at radius 2 is 2.27 bits per heavy atom. The second kappa shape index (κ2) is 6.16. The highest BCUT2D eigenvalue weighted by Crippen LogP contribution is 2.22. The summed E-state index contributed by atoms with van der Waals surface area (Å²) in [6.07, 6.45) is 4.70. The van der Waals surface area contributed by atoms with Gasteiger partial charge in [-0.1, -0.05) is 20.4 Å². The summed E-state index contributed by atoms with van der Waals surface area (Å²) in [7, 11) is 0. The van der Waals surface area contributed by atoms with Crippen LogP contribution in [0.1, 0.15) is 39.5 Å². The zero-order valence-corrected chi connectivity index (χ0v) is 10.2. The Morgan fingerprint density at radius 3 is 2.87 bits per heavy atom. The van der Waals surface area contributed by atoms with Crippen molar-refractivity contribution in [3.8, 4) is 0 Å². The summed E-state index contributed by atoms with van der Waals surface area (Å²) in [5.41, 5.74) is 1.27. The Kier molecular flexibility index (Phi) is 5.16. The van der Waals surface area contributed by atoms with Crippen LogP contribution in [0.25, 0.3) is 0 Å². The molecule has 0 aromatic heterocycles. The van der Waals surface area contributed by atoms with Crippen molar-refractivity contribution >= 4 is 0 Å². The molecule has 1 N–H and O–H groups in total. The summed E-state index contributed by atoms with van der Waals surface area (Å²) in [5.74, 6) is 1.22. The molecule has 1 aliphatic rings. The van der Waals surface area contributed by atoms with E-state index in [-0.39, 0.29) is 0 Å². The highest BCUT2D eigenvalue weighted by atomic mass is 16.3. The lowest BCUT2D eigenvalue weighted by Crippen LogP contribution is -2.35. The second-order valence-electron chi connectivity index (χ2n) is 5.14. The predicted octanol–water partition coefficient (Wildman–Crippen LogP) is 2.64. The number of likely N-dealkylation sites (tertiary alicyclic amines) is 1. The summed E-state index contributed by atoms with van der Waals surface area (Å²) < 4.78 is 0. The first-order valence-corrected chi connectivity index (χ1v) is 6.17. The number of rotatable bonds is 5. The van der Waals surface area contributed by atoms with Gasteiger partial charge >= 0.3 is 0 Å². The number of nitrogens with zero attached hydrogens (tertiary/aromatic N) is 1. The van der Waals surface area contributed by atoms with Gasteiger partial charge in [-0.3, -0.25) is 0 Å². The molecule has 0 aromatic carbocycles. The van der Waals surface area contributed by atoms with Gasteiger partial charge in [0.1, 0.15) is 0 Å². The third-order valence-corrected chi connectivity index (χ3v) is 3.23. The Hall–Kier alpha value is -0.500. The lowest BCUT2D eigenvalue weighted by atomic mass is 9.97. The van der Waals surface area contributed by atoms with Crippen molar-refractivity contribution in [2.45, 2.75) is 39.5 Å². The standard InChI is InChI=1S/C13H25NO/c1-11(2)6-7-12(3)14-8-4-5-13(9-14)10-15/h11,13,15H,3-10H2,1-2H3. The Balaban J connectivity index is 2.32. The zero-order valence-electron chi connectivity index (χ0n) is 10.2. The molecule has 0 bridgehead atoms. The van der Waals surface area contributed by atoms with Crippen LogP contribution in [0.15, 0.2) is 12.3 Å². The van der Waals surface area contributed by atoms with E-state index in [4.69, 9.17) is 5.11 Å². The van der Waals surface area contributed by atoms with Crippen LogP contribution in [0.4, 0.5) is 0 Å². The maximum Gasteiger partial charge on any atom is 0.0476 e. The monoisotopic (exact) mass is 211 g/mol. The third kappa shape index (κ3) is 4.25. The van der Waals surface area contributed by atoms with E-state index in [1.54, 1.807) is 0 Å². The fourth-order valence-electron chi connectivity index (χ4n) is 2.11. The molecular formula is C13H25NO. The van der Waals surface area contributed by atoms with Crippen LogP contribution < -0.4 is 0 Å².